The van der Waals surface area contributed by atoms with Crippen LogP contribution in [0, 0.1) is 11.7 Å². The first-order chi connectivity index (χ1) is 10.3. The first kappa shape index (κ1) is 16.4. The molecule has 1 aromatic rings. The van der Waals surface area contributed by atoms with Crippen LogP contribution in [0.5, 0.6) is 0 Å². The molecular formula is C18H28FNO. The second-order valence-electron chi connectivity index (χ2n) is 6.07. The molecule has 2 nitrogen and oxygen atoms in total. The van der Waals surface area contributed by atoms with Crippen LogP contribution in [-0.4, -0.2) is 19.8 Å². The van der Waals surface area contributed by atoms with Gasteiger partial charge in [0.1, 0.15) is 5.82 Å². The zero-order valence-electron chi connectivity index (χ0n) is 13.1. The third-order valence-corrected chi connectivity index (χ3v) is 4.28. The summed E-state index contributed by atoms with van der Waals surface area (Å²) in [4.78, 5) is 0. The van der Waals surface area contributed by atoms with E-state index in [1.807, 2.05) is 12.1 Å². The second-order valence-corrected chi connectivity index (χ2v) is 6.07. The Balaban J connectivity index is 1.85. The summed E-state index contributed by atoms with van der Waals surface area (Å²) >= 11 is 0. The SMILES string of the molecule is CCCNC(COCC1CCCCC1)c1ccccc1F. The Morgan fingerprint density at radius 3 is 2.71 bits per heavy atom. The number of hydrogen-bond acceptors (Lipinski definition) is 2. The molecular weight excluding hydrogens is 265 g/mol. The van der Waals surface area contributed by atoms with Gasteiger partial charge in [-0.15, -0.1) is 0 Å². The van der Waals surface area contributed by atoms with Crippen molar-refractivity contribution in [1.82, 2.24) is 5.32 Å². The van der Waals surface area contributed by atoms with Gasteiger partial charge < -0.3 is 10.1 Å². The van der Waals surface area contributed by atoms with Gasteiger partial charge in [-0.1, -0.05) is 44.4 Å². The van der Waals surface area contributed by atoms with Crippen molar-refractivity contribution in [2.24, 2.45) is 5.92 Å². The van der Waals surface area contributed by atoms with E-state index in [0.717, 1.165) is 25.1 Å². The molecule has 0 amide bonds. The van der Waals surface area contributed by atoms with Gasteiger partial charge >= 0.3 is 0 Å². The summed E-state index contributed by atoms with van der Waals surface area (Å²) in [5.74, 6) is 0.554. The van der Waals surface area contributed by atoms with Crippen LogP contribution in [0.3, 0.4) is 0 Å². The van der Waals surface area contributed by atoms with Gasteiger partial charge in [-0.05, 0) is 37.8 Å². The zero-order valence-corrected chi connectivity index (χ0v) is 13.1. The average molecular weight is 293 g/mol. The highest BCUT2D eigenvalue weighted by molar-refractivity contribution is 5.21. The van der Waals surface area contributed by atoms with E-state index >= 15 is 0 Å². The molecule has 1 atom stereocenters. The molecule has 0 spiro atoms. The van der Waals surface area contributed by atoms with Gasteiger partial charge in [-0.2, -0.15) is 0 Å². The lowest BCUT2D eigenvalue weighted by atomic mass is 9.90. The fourth-order valence-electron chi connectivity index (χ4n) is 3.04. The number of ether oxygens (including phenoxy) is 1. The maximum absolute atomic E-state index is 14.0. The smallest absolute Gasteiger partial charge is 0.128 e. The van der Waals surface area contributed by atoms with Crippen LogP contribution in [-0.2, 0) is 4.74 Å². The maximum atomic E-state index is 14.0. The predicted octanol–water partition coefficient (Wildman–Crippen LogP) is 4.46. The standard InChI is InChI=1S/C18H28FNO/c1-2-12-20-18(16-10-6-7-11-17(16)19)14-21-13-15-8-4-3-5-9-15/h6-7,10-11,15,18,20H,2-5,8-9,12-14H2,1H3. The fourth-order valence-corrected chi connectivity index (χ4v) is 3.04. The van der Waals surface area contributed by atoms with Crippen LogP contribution in [0.15, 0.2) is 24.3 Å². The number of hydrogen-bond donors (Lipinski definition) is 1. The van der Waals surface area contributed by atoms with Gasteiger partial charge in [-0.3, -0.25) is 0 Å². The van der Waals surface area contributed by atoms with E-state index in [9.17, 15) is 4.39 Å². The van der Waals surface area contributed by atoms with E-state index in [1.165, 1.54) is 38.2 Å². The summed E-state index contributed by atoms with van der Waals surface area (Å²) in [5, 5.41) is 3.40. The van der Waals surface area contributed by atoms with Crippen LogP contribution < -0.4 is 5.32 Å². The molecule has 0 saturated heterocycles. The van der Waals surface area contributed by atoms with E-state index in [0.29, 0.717) is 12.5 Å². The topological polar surface area (TPSA) is 21.3 Å². The number of nitrogens with one attached hydrogen (secondary N) is 1. The van der Waals surface area contributed by atoms with Crippen LogP contribution in [0.4, 0.5) is 4.39 Å². The third-order valence-electron chi connectivity index (χ3n) is 4.28. The molecule has 0 bridgehead atoms. The van der Waals surface area contributed by atoms with Crippen molar-refractivity contribution < 1.29 is 9.13 Å². The molecule has 1 aliphatic carbocycles. The minimum absolute atomic E-state index is 0.0465. The quantitative estimate of drug-likeness (QED) is 0.764. The monoisotopic (exact) mass is 293 g/mol. The maximum Gasteiger partial charge on any atom is 0.128 e. The van der Waals surface area contributed by atoms with Crippen LogP contribution in [0.1, 0.15) is 57.1 Å². The lowest BCUT2D eigenvalue weighted by Gasteiger charge is -2.24. The number of rotatable bonds is 8. The van der Waals surface area contributed by atoms with E-state index < -0.39 is 0 Å². The first-order valence-electron chi connectivity index (χ1n) is 8.36. The van der Waals surface area contributed by atoms with E-state index in [2.05, 4.69) is 12.2 Å². The summed E-state index contributed by atoms with van der Waals surface area (Å²) in [6.45, 7) is 4.37. The first-order valence-corrected chi connectivity index (χ1v) is 8.36. The molecule has 1 fully saturated rings. The summed E-state index contributed by atoms with van der Waals surface area (Å²) < 4.78 is 19.9. The highest BCUT2D eigenvalue weighted by Crippen LogP contribution is 2.24. The Hall–Kier alpha value is -0.930. The Labute approximate surface area is 128 Å². The molecule has 21 heavy (non-hydrogen) atoms. The summed E-state index contributed by atoms with van der Waals surface area (Å²) in [6, 6.07) is 6.96. The van der Waals surface area contributed by atoms with Gasteiger partial charge in [-0.25, -0.2) is 4.39 Å². The molecule has 0 radical (unpaired) electrons. The van der Waals surface area contributed by atoms with Crippen molar-refractivity contribution in [3.63, 3.8) is 0 Å². The van der Waals surface area contributed by atoms with Crippen molar-refractivity contribution >= 4 is 0 Å². The molecule has 0 heterocycles. The van der Waals surface area contributed by atoms with Crippen LogP contribution >= 0.6 is 0 Å². The molecule has 1 aliphatic rings. The van der Waals surface area contributed by atoms with Gasteiger partial charge in [0, 0.05) is 12.2 Å². The van der Waals surface area contributed by atoms with Gasteiger partial charge in [0.05, 0.1) is 12.6 Å². The van der Waals surface area contributed by atoms with Crippen molar-refractivity contribution in [1.29, 1.82) is 0 Å². The highest BCUT2D eigenvalue weighted by Gasteiger charge is 2.17. The van der Waals surface area contributed by atoms with E-state index in [1.54, 1.807) is 6.07 Å². The lowest BCUT2D eigenvalue weighted by Crippen LogP contribution is -2.28. The van der Waals surface area contributed by atoms with Crippen LogP contribution in [0.25, 0.3) is 0 Å². The summed E-state index contributed by atoms with van der Waals surface area (Å²) in [6.07, 6.45) is 7.64. The summed E-state index contributed by atoms with van der Waals surface area (Å²) in [7, 11) is 0. The Morgan fingerprint density at radius 2 is 2.00 bits per heavy atom. The highest BCUT2D eigenvalue weighted by atomic mass is 19.1. The van der Waals surface area contributed by atoms with Crippen molar-refractivity contribution in [2.45, 2.75) is 51.5 Å². The van der Waals surface area contributed by atoms with Crippen molar-refractivity contribution in [2.75, 3.05) is 19.8 Å². The van der Waals surface area contributed by atoms with Crippen molar-refractivity contribution in [3.05, 3.63) is 35.6 Å². The zero-order chi connectivity index (χ0) is 14.9. The minimum atomic E-state index is -0.146. The molecule has 118 valence electrons. The fraction of sp³-hybridized carbons (Fsp3) is 0.667. The molecule has 1 unspecified atom stereocenters. The van der Waals surface area contributed by atoms with Gasteiger partial charge in [0.15, 0.2) is 0 Å². The predicted molar refractivity (Wildman–Crippen MR) is 84.8 cm³/mol. The largest absolute Gasteiger partial charge is 0.379 e. The van der Waals surface area contributed by atoms with Crippen LogP contribution in [0.2, 0.25) is 0 Å². The second kappa shape index (κ2) is 9.16. The summed E-state index contributed by atoms with van der Waals surface area (Å²) in [5.41, 5.74) is 0.717. The molecule has 0 aromatic heterocycles. The number of benzene rings is 1. The minimum Gasteiger partial charge on any atom is -0.379 e. The van der Waals surface area contributed by atoms with E-state index in [-0.39, 0.29) is 11.9 Å². The molecule has 1 N–H and O–H groups in total. The van der Waals surface area contributed by atoms with E-state index in [4.69, 9.17) is 4.74 Å². The molecule has 1 aromatic carbocycles. The molecule has 0 aliphatic heterocycles. The Morgan fingerprint density at radius 1 is 1.24 bits per heavy atom. The van der Waals surface area contributed by atoms with Crippen molar-refractivity contribution in [3.8, 4) is 0 Å². The molecule has 2 rings (SSSR count). The Bertz CT molecular complexity index is 404. The lowest BCUT2D eigenvalue weighted by molar-refractivity contribution is 0.0687. The van der Waals surface area contributed by atoms with Gasteiger partial charge in [0.25, 0.3) is 0 Å². The molecule has 1 saturated carbocycles. The average Bonchev–Trinajstić information content (AvgIpc) is 2.52. The van der Waals surface area contributed by atoms with Gasteiger partial charge in [0.2, 0.25) is 0 Å². The third kappa shape index (κ3) is 5.40. The molecule has 3 heteroatoms. The number of halogens is 1. The Kier molecular flexibility index (Phi) is 7.17. The normalized spacial score (nSPS) is 17.8.